The van der Waals surface area contributed by atoms with Crippen molar-refractivity contribution in [3.05, 3.63) is 70.9 Å². The van der Waals surface area contributed by atoms with Gasteiger partial charge < -0.3 is 9.26 Å². The van der Waals surface area contributed by atoms with Crippen molar-refractivity contribution in [1.29, 1.82) is 0 Å². The van der Waals surface area contributed by atoms with E-state index in [1.54, 1.807) is 19.1 Å². The van der Waals surface area contributed by atoms with Gasteiger partial charge in [0.25, 0.3) is 5.89 Å². The van der Waals surface area contributed by atoms with Gasteiger partial charge in [0.2, 0.25) is 5.82 Å². The first kappa shape index (κ1) is 17.4. The summed E-state index contributed by atoms with van der Waals surface area (Å²) < 4.78 is 24.2. The Morgan fingerprint density at radius 2 is 2.15 bits per heavy atom. The van der Waals surface area contributed by atoms with E-state index in [-0.39, 0.29) is 36.0 Å². The summed E-state index contributed by atoms with van der Waals surface area (Å²) in [5, 5.41) is 3.84. The van der Waals surface area contributed by atoms with Crippen molar-refractivity contribution >= 4 is 5.97 Å². The summed E-state index contributed by atoms with van der Waals surface area (Å²) in [6, 6.07) is 12.7. The number of rotatable bonds is 4. The monoisotopic (exact) mass is 366 g/mol. The number of hydrogen-bond acceptors (Lipinski definition) is 5. The van der Waals surface area contributed by atoms with Crippen molar-refractivity contribution in [2.24, 2.45) is 0 Å². The smallest absolute Gasteiger partial charge is 0.313 e. The molecule has 1 atom stereocenters. The molecule has 0 aliphatic heterocycles. The topological polar surface area (TPSA) is 65.2 Å². The summed E-state index contributed by atoms with van der Waals surface area (Å²) in [6.45, 7) is 1.59. The average Bonchev–Trinajstić information content (AvgIpc) is 3.17. The van der Waals surface area contributed by atoms with E-state index in [4.69, 9.17) is 9.26 Å². The van der Waals surface area contributed by atoms with Gasteiger partial charge >= 0.3 is 5.97 Å². The van der Waals surface area contributed by atoms with Gasteiger partial charge in [0.05, 0.1) is 5.92 Å². The van der Waals surface area contributed by atoms with Crippen LogP contribution < -0.4 is 0 Å². The van der Waals surface area contributed by atoms with Crippen molar-refractivity contribution in [2.75, 3.05) is 0 Å². The molecule has 0 amide bonds. The number of carbonyl (C=O) groups is 1. The van der Waals surface area contributed by atoms with Crippen LogP contribution in [0.3, 0.4) is 0 Å². The van der Waals surface area contributed by atoms with E-state index in [2.05, 4.69) is 16.2 Å². The zero-order chi connectivity index (χ0) is 18.8. The molecule has 0 spiro atoms. The minimum Gasteiger partial charge on any atom is -0.455 e. The minimum absolute atomic E-state index is 0.0984. The Labute approximate surface area is 156 Å². The number of aromatic nitrogens is 2. The standard InChI is InChI=1S/C21H19FN2O3/c1-13-9-10-15(11-18(13)22)20-23-19(27-24-20)12-26-21(25)17-8-4-6-14-5-2-3-7-16(14)17/h2-3,5,7,9-11,17H,4,6,8,12H2,1H3/t17-/m0/s1. The van der Waals surface area contributed by atoms with Crippen LogP contribution in [0.2, 0.25) is 0 Å². The van der Waals surface area contributed by atoms with Crippen LogP contribution in [0.15, 0.2) is 47.0 Å². The summed E-state index contributed by atoms with van der Waals surface area (Å²) in [5.74, 6) is -0.431. The summed E-state index contributed by atoms with van der Waals surface area (Å²) in [4.78, 5) is 16.7. The summed E-state index contributed by atoms with van der Waals surface area (Å²) in [6.07, 6.45) is 2.72. The highest BCUT2D eigenvalue weighted by Gasteiger charge is 2.27. The molecule has 6 heteroatoms. The number of fused-ring (bicyclic) bond motifs is 1. The van der Waals surface area contributed by atoms with Gasteiger partial charge in [-0.1, -0.05) is 41.6 Å². The molecular formula is C21H19FN2O3. The Hall–Kier alpha value is -3.02. The van der Waals surface area contributed by atoms with Crippen LogP contribution in [0.5, 0.6) is 0 Å². The molecule has 0 saturated carbocycles. The SMILES string of the molecule is Cc1ccc(-c2noc(COC(=O)[C@H]3CCCc4ccccc43)n2)cc1F. The minimum atomic E-state index is -0.332. The molecule has 0 fully saturated rings. The molecule has 1 aromatic heterocycles. The molecule has 1 heterocycles. The summed E-state index contributed by atoms with van der Waals surface area (Å²) in [7, 11) is 0. The number of ether oxygens (including phenoxy) is 1. The molecule has 3 aromatic rings. The first-order valence-electron chi connectivity index (χ1n) is 8.95. The number of carbonyl (C=O) groups excluding carboxylic acids is 1. The van der Waals surface area contributed by atoms with Gasteiger partial charge in [0, 0.05) is 5.56 Å². The van der Waals surface area contributed by atoms with Crippen LogP contribution in [0.25, 0.3) is 11.4 Å². The zero-order valence-electron chi connectivity index (χ0n) is 14.9. The summed E-state index contributed by atoms with van der Waals surface area (Å²) >= 11 is 0. The fraction of sp³-hybridized carbons (Fsp3) is 0.286. The maximum Gasteiger partial charge on any atom is 0.313 e. The molecule has 0 N–H and O–H groups in total. The van der Waals surface area contributed by atoms with Gasteiger partial charge in [-0.3, -0.25) is 4.79 Å². The lowest BCUT2D eigenvalue weighted by molar-refractivity contribution is -0.148. The molecule has 0 saturated heterocycles. The van der Waals surface area contributed by atoms with E-state index in [1.165, 1.54) is 11.6 Å². The second-order valence-electron chi connectivity index (χ2n) is 6.73. The van der Waals surface area contributed by atoms with Crippen molar-refractivity contribution in [2.45, 2.75) is 38.7 Å². The van der Waals surface area contributed by atoms with Crippen molar-refractivity contribution in [3.63, 3.8) is 0 Å². The Bertz CT molecular complexity index is 983. The van der Waals surface area contributed by atoms with Gasteiger partial charge in [-0.2, -0.15) is 4.98 Å². The van der Waals surface area contributed by atoms with E-state index in [9.17, 15) is 9.18 Å². The van der Waals surface area contributed by atoms with Crippen molar-refractivity contribution in [1.82, 2.24) is 10.1 Å². The Morgan fingerprint density at radius 3 is 3.00 bits per heavy atom. The van der Waals surface area contributed by atoms with Crippen LogP contribution in [-0.4, -0.2) is 16.1 Å². The van der Waals surface area contributed by atoms with Crippen LogP contribution in [0.1, 0.15) is 41.3 Å². The predicted molar refractivity (Wildman–Crippen MR) is 96.3 cm³/mol. The van der Waals surface area contributed by atoms with Crippen LogP contribution >= 0.6 is 0 Å². The fourth-order valence-corrected chi connectivity index (χ4v) is 3.39. The van der Waals surface area contributed by atoms with Gasteiger partial charge in [-0.15, -0.1) is 0 Å². The van der Waals surface area contributed by atoms with Crippen molar-refractivity contribution in [3.8, 4) is 11.4 Å². The average molecular weight is 366 g/mol. The molecule has 1 aliphatic rings. The zero-order valence-corrected chi connectivity index (χ0v) is 14.9. The van der Waals surface area contributed by atoms with Crippen molar-refractivity contribution < 1.29 is 18.4 Å². The number of halogens is 1. The molecule has 0 radical (unpaired) electrons. The molecule has 1 aliphatic carbocycles. The third kappa shape index (κ3) is 3.60. The maximum absolute atomic E-state index is 13.7. The van der Waals surface area contributed by atoms with Gasteiger partial charge in [-0.05, 0) is 48.9 Å². The first-order chi connectivity index (χ1) is 13.1. The number of aryl methyl sites for hydroxylation is 2. The van der Waals surface area contributed by atoms with E-state index in [0.29, 0.717) is 11.1 Å². The molecule has 0 unspecified atom stereocenters. The Balaban J connectivity index is 1.43. The second kappa shape index (κ2) is 7.31. The lowest BCUT2D eigenvalue weighted by Gasteiger charge is -2.23. The first-order valence-corrected chi connectivity index (χ1v) is 8.95. The number of hydrogen-bond donors (Lipinski definition) is 0. The number of nitrogens with zero attached hydrogens (tertiary/aromatic N) is 2. The molecule has 5 nitrogen and oxygen atoms in total. The van der Waals surface area contributed by atoms with Gasteiger partial charge in [0.15, 0.2) is 6.61 Å². The van der Waals surface area contributed by atoms with E-state index < -0.39 is 0 Å². The number of esters is 1. The normalized spacial score (nSPS) is 16.0. The maximum atomic E-state index is 13.7. The fourth-order valence-electron chi connectivity index (χ4n) is 3.39. The third-order valence-corrected chi connectivity index (χ3v) is 4.89. The highest BCUT2D eigenvalue weighted by molar-refractivity contribution is 5.79. The van der Waals surface area contributed by atoms with Crippen LogP contribution in [0, 0.1) is 12.7 Å². The largest absolute Gasteiger partial charge is 0.455 e. The molecule has 2 aromatic carbocycles. The van der Waals surface area contributed by atoms with Gasteiger partial charge in [0.1, 0.15) is 5.82 Å². The second-order valence-corrected chi connectivity index (χ2v) is 6.73. The van der Waals surface area contributed by atoms with Gasteiger partial charge in [-0.25, -0.2) is 4.39 Å². The molecule has 0 bridgehead atoms. The van der Waals surface area contributed by atoms with Crippen LogP contribution in [-0.2, 0) is 22.6 Å². The Kier molecular flexibility index (Phi) is 4.71. The number of benzene rings is 2. The van der Waals surface area contributed by atoms with E-state index in [0.717, 1.165) is 24.8 Å². The van der Waals surface area contributed by atoms with E-state index >= 15 is 0 Å². The highest BCUT2D eigenvalue weighted by atomic mass is 19.1. The predicted octanol–water partition coefficient (Wildman–Crippen LogP) is 4.35. The third-order valence-electron chi connectivity index (χ3n) is 4.89. The quantitative estimate of drug-likeness (QED) is 0.643. The molecular weight excluding hydrogens is 347 g/mol. The molecule has 27 heavy (non-hydrogen) atoms. The highest BCUT2D eigenvalue weighted by Crippen LogP contribution is 2.32. The molecule has 138 valence electrons. The Morgan fingerprint density at radius 1 is 1.30 bits per heavy atom. The lowest BCUT2D eigenvalue weighted by Crippen LogP contribution is -2.20. The van der Waals surface area contributed by atoms with E-state index in [1.807, 2.05) is 18.2 Å². The van der Waals surface area contributed by atoms with Crippen LogP contribution in [0.4, 0.5) is 4.39 Å². The summed E-state index contributed by atoms with van der Waals surface area (Å²) in [5.41, 5.74) is 3.30. The lowest BCUT2D eigenvalue weighted by atomic mass is 9.83. The molecule has 4 rings (SSSR count).